The normalized spacial score (nSPS) is 16.0. The van der Waals surface area contributed by atoms with Gasteiger partial charge in [0.05, 0.1) is 46.1 Å². The number of aliphatic hydroxyl groups excluding tert-OH is 3. The maximum absolute atomic E-state index is 12.7. The Morgan fingerprint density at radius 1 is 0.678 bits per heavy atom. The Morgan fingerprint density at radius 2 is 1.29 bits per heavy atom. The van der Waals surface area contributed by atoms with Gasteiger partial charge in [-0.15, -0.1) is 0 Å². The van der Waals surface area contributed by atoms with E-state index < -0.39 is 57.4 Å². The highest BCUT2D eigenvalue weighted by atomic mass is 31.2. The first-order chi connectivity index (χ1) is 28.2. The first-order valence-electron chi connectivity index (χ1n) is 21.6. The van der Waals surface area contributed by atoms with Crippen LogP contribution < -0.4 is 4.89 Å². The highest BCUT2D eigenvalue weighted by Crippen LogP contribution is 2.38. The summed E-state index contributed by atoms with van der Waals surface area (Å²) in [4.78, 5) is 37.6. The molecule has 0 radical (unpaired) electrons. The summed E-state index contributed by atoms with van der Waals surface area (Å²) in [6, 6.07) is 0. The summed E-state index contributed by atoms with van der Waals surface area (Å²) in [5.41, 5.74) is 0. The van der Waals surface area contributed by atoms with Crippen LogP contribution >= 0.6 is 7.82 Å². The average Bonchev–Trinajstić information content (AvgIpc) is 3.17. The zero-order chi connectivity index (χ0) is 44.0. The fraction of sp³-hybridized carbons (Fsp3) is 0.652. The van der Waals surface area contributed by atoms with Gasteiger partial charge in [0, 0.05) is 12.8 Å². The minimum Gasteiger partial charge on any atom is -0.756 e. The molecule has 0 heterocycles. The van der Waals surface area contributed by atoms with E-state index >= 15 is 0 Å². The molecule has 59 heavy (non-hydrogen) atoms. The van der Waals surface area contributed by atoms with E-state index in [9.17, 15) is 34.4 Å². The molecule has 13 heteroatoms. The van der Waals surface area contributed by atoms with Crippen molar-refractivity contribution in [1.29, 1.82) is 0 Å². The van der Waals surface area contributed by atoms with Gasteiger partial charge in [-0.3, -0.25) is 14.2 Å². The zero-order valence-corrected chi connectivity index (χ0v) is 37.6. The number of carbonyl (C=O) groups is 2. The number of carbonyl (C=O) groups excluding carboxylic acids is 2. The van der Waals surface area contributed by atoms with Gasteiger partial charge in [-0.25, -0.2) is 0 Å². The number of phosphoric ester groups is 1. The van der Waals surface area contributed by atoms with Crippen LogP contribution in [0, 0.1) is 0 Å². The van der Waals surface area contributed by atoms with Crippen LogP contribution in [-0.2, 0) is 32.7 Å². The van der Waals surface area contributed by atoms with E-state index in [1.807, 2.05) is 21.1 Å². The molecule has 0 aliphatic rings. The Labute approximate surface area is 356 Å². The van der Waals surface area contributed by atoms with E-state index in [1.165, 1.54) is 6.08 Å². The topological polar surface area (TPSA) is 172 Å². The molecule has 1 unspecified atom stereocenters. The molecule has 0 aromatic heterocycles. The van der Waals surface area contributed by atoms with Crippen LogP contribution in [0.3, 0.4) is 0 Å². The standard InChI is InChI=1S/C46H78NO11P/c1-6-8-10-11-12-13-14-15-16-17-18-19-20-25-29-35-46(52)58-42(40-57-59(53,54)56-38-37-47(3,4)5)39-55-45(51)36-30-34-44(50)43(49)33-28-24-22-21-23-27-32-41(48)31-26-9-7-2/h8,10,12-13,15-16,21-24,27-28,32-33,41-44,48-50H,6-7,9,11,14,17-20,25-26,29-31,34-40H2,1-5H3/b10-8-,13-12-,16-15-,23-21-,24-22+,32-27+,33-28+/t41-,42-,43-,44-/m1/s1. The van der Waals surface area contributed by atoms with Crippen molar-refractivity contribution in [1.82, 2.24) is 0 Å². The third kappa shape index (κ3) is 39.0. The number of hydrogen-bond donors (Lipinski definition) is 3. The molecule has 338 valence electrons. The van der Waals surface area contributed by atoms with Gasteiger partial charge in [-0.1, -0.05) is 137 Å². The lowest BCUT2D eigenvalue weighted by Crippen LogP contribution is -2.37. The van der Waals surface area contributed by atoms with Gasteiger partial charge in [0.25, 0.3) is 7.82 Å². The SMILES string of the molecule is CC/C=C\C/C=C\C/C=C\CCCCCCCC(=O)O[C@H](COC(=O)CCC[C@@H](O)[C@H](O)/C=C/C=C/C=C\C=C\[C@H](O)CCCCC)COP(=O)([O-])OCC[N+](C)(C)C. The average molecular weight is 852 g/mol. The second kappa shape index (κ2) is 36.9. The lowest BCUT2D eigenvalue weighted by molar-refractivity contribution is -0.870. The van der Waals surface area contributed by atoms with Gasteiger partial charge in [-0.05, 0) is 57.8 Å². The lowest BCUT2D eigenvalue weighted by Gasteiger charge is -2.28. The van der Waals surface area contributed by atoms with Gasteiger partial charge in [0.15, 0.2) is 6.10 Å². The van der Waals surface area contributed by atoms with Gasteiger partial charge in [0.1, 0.15) is 19.8 Å². The molecule has 0 aliphatic carbocycles. The largest absolute Gasteiger partial charge is 0.756 e. The van der Waals surface area contributed by atoms with E-state index in [2.05, 4.69) is 50.3 Å². The molecule has 0 fully saturated rings. The number of likely N-dealkylation sites (N-methyl/N-ethyl adjacent to an activating group) is 1. The van der Waals surface area contributed by atoms with Crippen molar-refractivity contribution in [3.63, 3.8) is 0 Å². The van der Waals surface area contributed by atoms with Crippen molar-refractivity contribution in [2.24, 2.45) is 0 Å². The number of rotatable bonds is 37. The molecule has 5 atom stereocenters. The van der Waals surface area contributed by atoms with E-state index in [0.29, 0.717) is 17.4 Å². The number of quaternary nitrogens is 1. The van der Waals surface area contributed by atoms with Crippen LogP contribution in [0.15, 0.2) is 85.1 Å². The van der Waals surface area contributed by atoms with Crippen molar-refractivity contribution in [3.8, 4) is 0 Å². The minimum absolute atomic E-state index is 0.0848. The fourth-order valence-electron chi connectivity index (χ4n) is 5.23. The van der Waals surface area contributed by atoms with Crippen molar-refractivity contribution in [2.45, 2.75) is 147 Å². The predicted octanol–water partition coefficient (Wildman–Crippen LogP) is 8.30. The Hall–Kier alpha value is -2.93. The quantitative estimate of drug-likeness (QED) is 0.0137. The van der Waals surface area contributed by atoms with Crippen LogP contribution in [-0.4, -0.2) is 104 Å². The Bertz CT molecular complexity index is 1330. The number of allylic oxidation sites excluding steroid dienone is 12. The summed E-state index contributed by atoms with van der Waals surface area (Å²) in [7, 11) is 0.947. The van der Waals surface area contributed by atoms with Crippen LogP contribution in [0.2, 0.25) is 0 Å². The van der Waals surface area contributed by atoms with Gasteiger partial charge in [-0.2, -0.15) is 0 Å². The number of nitrogens with zero attached hydrogens (tertiary/aromatic N) is 1. The van der Waals surface area contributed by atoms with Crippen LogP contribution in [0.5, 0.6) is 0 Å². The molecule has 0 aromatic rings. The number of esters is 2. The van der Waals surface area contributed by atoms with E-state index in [0.717, 1.165) is 77.0 Å². The molecule has 0 bridgehead atoms. The van der Waals surface area contributed by atoms with E-state index in [-0.39, 0.29) is 32.3 Å². The van der Waals surface area contributed by atoms with Gasteiger partial charge >= 0.3 is 11.9 Å². The molecule has 0 saturated heterocycles. The highest BCUT2D eigenvalue weighted by Gasteiger charge is 2.22. The summed E-state index contributed by atoms with van der Waals surface area (Å²) in [6.07, 6.45) is 35.5. The summed E-state index contributed by atoms with van der Waals surface area (Å²) in [6.45, 7) is 3.56. The van der Waals surface area contributed by atoms with Crippen molar-refractivity contribution < 1.29 is 57.4 Å². The summed E-state index contributed by atoms with van der Waals surface area (Å²) in [5.74, 6) is -1.19. The number of hydrogen-bond acceptors (Lipinski definition) is 11. The molecule has 0 rings (SSSR count). The third-order valence-corrected chi connectivity index (χ3v) is 9.73. The molecule has 3 N–H and O–H groups in total. The molecular weight excluding hydrogens is 773 g/mol. The Balaban J connectivity index is 4.74. The summed E-state index contributed by atoms with van der Waals surface area (Å²) in [5, 5.41) is 30.5. The monoisotopic (exact) mass is 852 g/mol. The Kier molecular flexibility index (Phi) is 35.1. The number of aliphatic hydroxyl groups is 3. The maximum atomic E-state index is 12.7. The van der Waals surface area contributed by atoms with Crippen LogP contribution in [0.1, 0.15) is 123 Å². The molecule has 0 saturated carbocycles. The van der Waals surface area contributed by atoms with E-state index in [1.54, 1.807) is 42.5 Å². The van der Waals surface area contributed by atoms with Crippen molar-refractivity contribution in [3.05, 3.63) is 85.1 Å². The molecule has 0 aromatic carbocycles. The van der Waals surface area contributed by atoms with Crippen LogP contribution in [0.25, 0.3) is 0 Å². The van der Waals surface area contributed by atoms with Gasteiger partial charge < -0.3 is 43.2 Å². The highest BCUT2D eigenvalue weighted by molar-refractivity contribution is 7.45. The number of unbranched alkanes of at least 4 members (excludes halogenated alkanes) is 7. The molecular formula is C46H78NO11P. The van der Waals surface area contributed by atoms with E-state index in [4.69, 9.17) is 18.5 Å². The van der Waals surface area contributed by atoms with Crippen LogP contribution in [0.4, 0.5) is 0 Å². The molecule has 12 nitrogen and oxygen atoms in total. The minimum atomic E-state index is -4.72. The number of phosphoric acid groups is 1. The first-order valence-corrected chi connectivity index (χ1v) is 23.1. The lowest BCUT2D eigenvalue weighted by atomic mass is 10.1. The van der Waals surface area contributed by atoms with Crippen molar-refractivity contribution >= 4 is 19.8 Å². The summed E-state index contributed by atoms with van der Waals surface area (Å²) < 4.78 is 33.6. The summed E-state index contributed by atoms with van der Waals surface area (Å²) >= 11 is 0. The molecule has 0 aliphatic heterocycles. The maximum Gasteiger partial charge on any atom is 0.306 e. The smallest absolute Gasteiger partial charge is 0.306 e. The van der Waals surface area contributed by atoms with Crippen molar-refractivity contribution in [2.75, 3.05) is 47.5 Å². The predicted molar refractivity (Wildman–Crippen MR) is 235 cm³/mol. The number of ether oxygens (including phenoxy) is 2. The zero-order valence-electron chi connectivity index (χ0n) is 36.7. The second-order valence-electron chi connectivity index (χ2n) is 15.5. The molecule has 0 amide bonds. The first kappa shape index (κ1) is 56.1. The van der Waals surface area contributed by atoms with Gasteiger partial charge in [0.2, 0.25) is 0 Å². The Morgan fingerprint density at radius 3 is 1.97 bits per heavy atom. The second-order valence-corrected chi connectivity index (χ2v) is 16.9. The third-order valence-electron chi connectivity index (χ3n) is 8.77. The fourth-order valence-corrected chi connectivity index (χ4v) is 5.96. The molecule has 0 spiro atoms.